The molecule has 0 radical (unpaired) electrons. The molecule has 8 atom stereocenters. The van der Waals surface area contributed by atoms with E-state index in [-0.39, 0.29) is 6.04 Å². The Kier molecular flexibility index (Phi) is 6.33. The summed E-state index contributed by atoms with van der Waals surface area (Å²) in [5.41, 5.74) is 11.5. The Morgan fingerprint density at radius 2 is 1.87 bits per heavy atom. The lowest BCUT2D eigenvalue weighted by Gasteiger charge is -2.58. The molecule has 0 amide bonds. The van der Waals surface area contributed by atoms with Crippen LogP contribution >= 0.6 is 0 Å². The number of azide groups is 1. The molecule has 168 valence electrons. The van der Waals surface area contributed by atoms with Crippen LogP contribution in [0.25, 0.3) is 10.4 Å². The van der Waals surface area contributed by atoms with E-state index in [1.54, 1.807) is 5.57 Å². The van der Waals surface area contributed by atoms with E-state index in [9.17, 15) is 0 Å². The summed E-state index contributed by atoms with van der Waals surface area (Å²) in [5.74, 6) is 5.35. The molecule has 0 aromatic heterocycles. The van der Waals surface area contributed by atoms with Crippen LogP contribution in [0.3, 0.4) is 0 Å². The highest BCUT2D eigenvalue weighted by Crippen LogP contribution is 2.67. The second-order valence-corrected chi connectivity index (χ2v) is 12.4. The van der Waals surface area contributed by atoms with Gasteiger partial charge in [-0.1, -0.05) is 70.6 Å². The van der Waals surface area contributed by atoms with Gasteiger partial charge in [0.05, 0.1) is 0 Å². The van der Waals surface area contributed by atoms with E-state index in [2.05, 4.69) is 50.7 Å². The molecule has 4 aliphatic carbocycles. The maximum atomic E-state index is 8.89. The first-order chi connectivity index (χ1) is 14.3. The van der Waals surface area contributed by atoms with E-state index < -0.39 is 0 Å². The lowest BCUT2D eigenvalue weighted by atomic mass is 9.47. The van der Waals surface area contributed by atoms with Crippen molar-refractivity contribution in [2.24, 2.45) is 51.5 Å². The molecule has 4 rings (SSSR count). The molecular weight excluding hydrogens is 366 g/mol. The van der Waals surface area contributed by atoms with Crippen molar-refractivity contribution >= 4 is 0 Å². The van der Waals surface area contributed by atoms with Crippen molar-refractivity contribution in [3.63, 3.8) is 0 Å². The van der Waals surface area contributed by atoms with Crippen LogP contribution in [0.4, 0.5) is 0 Å². The number of hydrogen-bond donors (Lipinski definition) is 0. The number of nitrogens with zero attached hydrogens (tertiary/aromatic N) is 3. The zero-order chi connectivity index (χ0) is 21.5. The molecule has 0 bridgehead atoms. The summed E-state index contributed by atoms with van der Waals surface area (Å²) in [7, 11) is 0. The summed E-state index contributed by atoms with van der Waals surface area (Å²) >= 11 is 0. The van der Waals surface area contributed by atoms with Crippen LogP contribution in [0, 0.1) is 46.3 Å². The Morgan fingerprint density at radius 3 is 2.60 bits per heavy atom. The van der Waals surface area contributed by atoms with Gasteiger partial charge >= 0.3 is 0 Å². The Hall–Kier alpha value is -0.950. The molecule has 3 nitrogen and oxygen atoms in total. The summed E-state index contributed by atoms with van der Waals surface area (Å²) in [6, 6.07) is 0.197. The van der Waals surface area contributed by atoms with Gasteiger partial charge in [0.2, 0.25) is 0 Å². The lowest BCUT2D eigenvalue weighted by Crippen LogP contribution is -2.50. The Morgan fingerprint density at radius 1 is 1.07 bits per heavy atom. The SMILES string of the molecule is CC(C)CCCC(C)[C@H]1CCC2C3CC=C4C[C@@H](N=[N+]=[N-])CC[C@]4(C)C3CC[C@@]21C. The molecule has 0 aromatic rings. The molecular formula is C27H45N3. The zero-order valence-electron chi connectivity index (χ0n) is 20.2. The number of allylic oxidation sites excluding steroid dienone is 1. The van der Waals surface area contributed by atoms with E-state index in [0.29, 0.717) is 10.8 Å². The molecule has 0 heterocycles. The third kappa shape index (κ3) is 3.74. The van der Waals surface area contributed by atoms with Crippen LogP contribution in [0.1, 0.15) is 105 Å². The monoisotopic (exact) mass is 411 g/mol. The number of rotatable bonds is 6. The number of hydrogen-bond acceptors (Lipinski definition) is 1. The standard InChI is InChI=1S/C27H45N3/c1-18(2)7-6-8-19(3)23-11-12-24-22-10-9-20-17-21(29-30-28)13-15-26(20,4)25(22)14-16-27(23,24)5/h9,18-19,21-25H,6-8,10-17H2,1-5H3/t19?,21-,22?,23+,24?,25?,26-,27+/m0/s1. The second kappa shape index (κ2) is 8.53. The zero-order valence-corrected chi connectivity index (χ0v) is 20.2. The number of fused-ring (bicyclic) bond motifs is 5. The molecule has 3 heteroatoms. The smallest absolute Gasteiger partial charge is 0.0411 e. The highest BCUT2D eigenvalue weighted by atomic mass is 15.1. The largest absolute Gasteiger partial charge is 0.0903 e. The fraction of sp³-hybridized carbons (Fsp3) is 0.926. The molecule has 0 saturated heterocycles. The average molecular weight is 412 g/mol. The van der Waals surface area contributed by atoms with E-state index in [0.717, 1.165) is 48.3 Å². The highest BCUT2D eigenvalue weighted by Gasteiger charge is 2.59. The topological polar surface area (TPSA) is 48.8 Å². The van der Waals surface area contributed by atoms with E-state index >= 15 is 0 Å². The predicted octanol–water partition coefficient (Wildman–Crippen LogP) is 8.71. The van der Waals surface area contributed by atoms with Gasteiger partial charge in [-0.15, -0.1) is 0 Å². The van der Waals surface area contributed by atoms with Gasteiger partial charge < -0.3 is 0 Å². The lowest BCUT2D eigenvalue weighted by molar-refractivity contribution is -0.0508. The van der Waals surface area contributed by atoms with Crippen molar-refractivity contribution in [1.29, 1.82) is 0 Å². The molecule has 0 aliphatic heterocycles. The minimum Gasteiger partial charge on any atom is -0.0903 e. The van der Waals surface area contributed by atoms with Crippen molar-refractivity contribution < 1.29 is 0 Å². The molecule has 0 spiro atoms. The normalized spacial score (nSPS) is 43.8. The van der Waals surface area contributed by atoms with Gasteiger partial charge in [-0.25, -0.2) is 0 Å². The van der Waals surface area contributed by atoms with Gasteiger partial charge in [0.15, 0.2) is 0 Å². The fourth-order valence-corrected chi connectivity index (χ4v) is 8.84. The van der Waals surface area contributed by atoms with Gasteiger partial charge in [0.25, 0.3) is 0 Å². The van der Waals surface area contributed by atoms with Gasteiger partial charge in [-0.2, -0.15) is 0 Å². The average Bonchev–Trinajstić information content (AvgIpc) is 3.05. The van der Waals surface area contributed by atoms with Crippen LogP contribution in [-0.4, -0.2) is 6.04 Å². The van der Waals surface area contributed by atoms with Crippen LogP contribution < -0.4 is 0 Å². The first kappa shape index (κ1) is 22.3. The van der Waals surface area contributed by atoms with Gasteiger partial charge in [0.1, 0.15) is 0 Å². The molecule has 30 heavy (non-hydrogen) atoms. The molecule has 3 saturated carbocycles. The Bertz CT molecular complexity index is 705. The third-order valence-electron chi connectivity index (χ3n) is 10.5. The summed E-state index contributed by atoms with van der Waals surface area (Å²) in [6.07, 6.45) is 17.3. The maximum absolute atomic E-state index is 8.89. The van der Waals surface area contributed by atoms with E-state index in [4.69, 9.17) is 5.53 Å². The van der Waals surface area contributed by atoms with Crippen molar-refractivity contribution in [2.45, 2.75) is 111 Å². The van der Waals surface area contributed by atoms with Crippen LogP contribution in [0.2, 0.25) is 0 Å². The summed E-state index contributed by atoms with van der Waals surface area (Å²) in [6.45, 7) is 12.5. The molecule has 4 aliphatic rings. The maximum Gasteiger partial charge on any atom is 0.0411 e. The van der Waals surface area contributed by atoms with E-state index in [1.165, 1.54) is 57.8 Å². The van der Waals surface area contributed by atoms with Crippen molar-refractivity contribution in [3.8, 4) is 0 Å². The Labute approximate surface area is 185 Å². The molecule has 3 fully saturated rings. The quantitative estimate of drug-likeness (QED) is 0.182. The third-order valence-corrected chi connectivity index (χ3v) is 10.5. The summed E-state index contributed by atoms with van der Waals surface area (Å²) < 4.78 is 0. The molecule has 0 N–H and O–H groups in total. The minimum atomic E-state index is 0.197. The van der Waals surface area contributed by atoms with Crippen molar-refractivity contribution in [1.82, 2.24) is 0 Å². The fourth-order valence-electron chi connectivity index (χ4n) is 8.84. The Balaban J connectivity index is 1.49. The summed E-state index contributed by atoms with van der Waals surface area (Å²) in [5, 5.41) is 4.08. The van der Waals surface area contributed by atoms with Crippen LogP contribution in [-0.2, 0) is 0 Å². The van der Waals surface area contributed by atoms with Crippen LogP contribution in [0.15, 0.2) is 16.8 Å². The van der Waals surface area contributed by atoms with Crippen molar-refractivity contribution in [3.05, 3.63) is 22.1 Å². The van der Waals surface area contributed by atoms with E-state index in [1.807, 2.05) is 0 Å². The van der Waals surface area contributed by atoms with Crippen molar-refractivity contribution in [2.75, 3.05) is 0 Å². The van der Waals surface area contributed by atoms with Gasteiger partial charge in [-0.05, 0) is 103 Å². The summed E-state index contributed by atoms with van der Waals surface area (Å²) in [4.78, 5) is 3.11. The highest BCUT2D eigenvalue weighted by molar-refractivity contribution is 5.26. The van der Waals surface area contributed by atoms with Crippen LogP contribution in [0.5, 0.6) is 0 Å². The predicted molar refractivity (Wildman–Crippen MR) is 126 cm³/mol. The first-order valence-electron chi connectivity index (χ1n) is 13.0. The first-order valence-corrected chi connectivity index (χ1v) is 13.0. The van der Waals surface area contributed by atoms with Gasteiger partial charge in [-0.3, -0.25) is 0 Å². The van der Waals surface area contributed by atoms with Gasteiger partial charge in [0, 0.05) is 11.0 Å². The second-order valence-electron chi connectivity index (χ2n) is 12.4. The minimum absolute atomic E-state index is 0.197. The molecule has 4 unspecified atom stereocenters. The molecule has 0 aromatic carbocycles.